The van der Waals surface area contributed by atoms with Gasteiger partial charge in [0.25, 0.3) is 0 Å². The second-order valence-electron chi connectivity index (χ2n) is 8.76. The number of ether oxygens (including phenoxy) is 4. The number of carbonyl (C=O) groups is 1. The summed E-state index contributed by atoms with van der Waals surface area (Å²) in [4.78, 5) is 15.9. The summed E-state index contributed by atoms with van der Waals surface area (Å²) in [7, 11) is 0. The Morgan fingerprint density at radius 2 is 1.80 bits per heavy atom. The Labute approximate surface area is 207 Å². The summed E-state index contributed by atoms with van der Waals surface area (Å²) in [5.74, 6) is 0.226. The van der Waals surface area contributed by atoms with Crippen LogP contribution in [0.5, 0.6) is 0 Å². The Hall–Kier alpha value is -2.71. The normalized spacial score (nSPS) is 25.1. The maximum absolute atomic E-state index is 13.9. The molecule has 0 saturated carbocycles. The maximum atomic E-state index is 13.9. The second kappa shape index (κ2) is 11.8. The summed E-state index contributed by atoms with van der Waals surface area (Å²) >= 11 is 0. The lowest BCUT2D eigenvalue weighted by molar-refractivity contribution is -0.254. The van der Waals surface area contributed by atoms with Crippen molar-refractivity contribution in [1.82, 2.24) is 4.90 Å². The molecule has 2 aromatic rings. The van der Waals surface area contributed by atoms with Crippen molar-refractivity contribution in [3.63, 3.8) is 0 Å². The Morgan fingerprint density at radius 3 is 2.43 bits per heavy atom. The number of aliphatic hydroxyl groups is 1. The number of rotatable bonds is 10. The largest absolute Gasteiger partial charge is 0.449 e. The molecule has 1 N–H and O–H groups in total. The fourth-order valence-corrected chi connectivity index (χ4v) is 4.80. The van der Waals surface area contributed by atoms with Gasteiger partial charge in [-0.25, -0.2) is 0 Å². The lowest BCUT2D eigenvalue weighted by Crippen LogP contribution is -2.63. The minimum absolute atomic E-state index is 0.0239. The van der Waals surface area contributed by atoms with Crippen LogP contribution in [0.4, 0.5) is 0 Å². The number of ketones is 1. The predicted molar refractivity (Wildman–Crippen MR) is 131 cm³/mol. The Bertz CT molecular complexity index is 989. The highest BCUT2D eigenvalue weighted by Crippen LogP contribution is 2.44. The molecule has 7 nitrogen and oxygen atoms in total. The van der Waals surface area contributed by atoms with Gasteiger partial charge in [0.05, 0.1) is 32.0 Å². The summed E-state index contributed by atoms with van der Waals surface area (Å²) in [6.45, 7) is 4.93. The van der Waals surface area contributed by atoms with Crippen molar-refractivity contribution in [3.05, 3.63) is 83.2 Å². The first-order chi connectivity index (χ1) is 17.1. The summed E-state index contributed by atoms with van der Waals surface area (Å²) in [6.07, 6.45) is 1.36. The summed E-state index contributed by atoms with van der Waals surface area (Å²) in [5.41, 5.74) is 0.846. The molecular formula is C28H35NO6. The minimum Gasteiger partial charge on any atom is -0.449 e. The SMILES string of the molecule is CCN1C(OC2CCCCO2)=C(C)C(=O)C(OCc2ccccc2)C1(OCCO)c1ccccc1. The average molecular weight is 482 g/mol. The zero-order valence-electron chi connectivity index (χ0n) is 20.5. The van der Waals surface area contributed by atoms with Crippen LogP contribution in [0.15, 0.2) is 72.1 Å². The predicted octanol–water partition coefficient (Wildman–Crippen LogP) is 4.11. The molecule has 1 saturated heterocycles. The van der Waals surface area contributed by atoms with Gasteiger partial charge in [0.15, 0.2) is 11.9 Å². The first kappa shape index (κ1) is 25.4. The molecule has 7 heteroatoms. The minimum atomic E-state index is -1.33. The van der Waals surface area contributed by atoms with Gasteiger partial charge >= 0.3 is 0 Å². The Kier molecular flexibility index (Phi) is 8.57. The number of nitrogens with zero attached hydrogens (tertiary/aromatic N) is 1. The topological polar surface area (TPSA) is 77.5 Å². The summed E-state index contributed by atoms with van der Waals surface area (Å²) in [6, 6.07) is 19.3. The smallest absolute Gasteiger partial charge is 0.204 e. The van der Waals surface area contributed by atoms with Crippen LogP contribution >= 0.6 is 0 Å². The van der Waals surface area contributed by atoms with Crippen molar-refractivity contribution in [2.24, 2.45) is 0 Å². The molecular weight excluding hydrogens is 446 g/mol. The summed E-state index contributed by atoms with van der Waals surface area (Å²) in [5, 5.41) is 9.72. The van der Waals surface area contributed by atoms with Gasteiger partial charge in [-0.1, -0.05) is 60.7 Å². The van der Waals surface area contributed by atoms with E-state index in [1.807, 2.05) is 72.5 Å². The van der Waals surface area contributed by atoms with Gasteiger partial charge < -0.3 is 29.0 Å². The fourth-order valence-electron chi connectivity index (χ4n) is 4.80. The first-order valence-electron chi connectivity index (χ1n) is 12.4. The van der Waals surface area contributed by atoms with Gasteiger partial charge in [0, 0.05) is 18.5 Å². The van der Waals surface area contributed by atoms with Gasteiger partial charge in [-0.2, -0.15) is 0 Å². The van der Waals surface area contributed by atoms with Gasteiger partial charge in [0.1, 0.15) is 0 Å². The van der Waals surface area contributed by atoms with Crippen LogP contribution in [0, 0.1) is 0 Å². The maximum Gasteiger partial charge on any atom is 0.204 e. The third-order valence-electron chi connectivity index (χ3n) is 6.49. The fraction of sp³-hybridized carbons (Fsp3) is 0.464. The highest BCUT2D eigenvalue weighted by Gasteiger charge is 2.56. The van der Waals surface area contributed by atoms with E-state index in [1.165, 1.54) is 0 Å². The first-order valence-corrected chi connectivity index (χ1v) is 12.4. The molecule has 3 atom stereocenters. The third kappa shape index (κ3) is 5.28. The van der Waals surface area contributed by atoms with Crippen LogP contribution in [0.3, 0.4) is 0 Å². The molecule has 0 spiro atoms. The van der Waals surface area contributed by atoms with E-state index in [0.717, 1.165) is 30.4 Å². The Balaban J connectivity index is 1.80. The van der Waals surface area contributed by atoms with Crippen LogP contribution in [0.1, 0.15) is 44.2 Å². The van der Waals surface area contributed by atoms with Crippen LogP contribution in [-0.2, 0) is 36.1 Å². The van der Waals surface area contributed by atoms with Crippen molar-refractivity contribution < 1.29 is 28.8 Å². The van der Waals surface area contributed by atoms with Crippen LogP contribution in [0.25, 0.3) is 0 Å². The molecule has 2 aliphatic heterocycles. The molecule has 188 valence electrons. The quantitative estimate of drug-likeness (QED) is 0.547. The van der Waals surface area contributed by atoms with E-state index in [9.17, 15) is 9.90 Å². The van der Waals surface area contributed by atoms with Crippen molar-refractivity contribution >= 4 is 5.78 Å². The molecule has 2 aliphatic rings. The van der Waals surface area contributed by atoms with Crippen molar-refractivity contribution in [3.8, 4) is 0 Å². The van der Waals surface area contributed by atoms with Crippen molar-refractivity contribution in [2.45, 2.75) is 57.8 Å². The zero-order chi connectivity index (χ0) is 24.7. The number of aliphatic hydroxyl groups excluding tert-OH is 1. The molecule has 2 heterocycles. The lowest BCUT2D eigenvalue weighted by atomic mass is 9.86. The number of likely N-dealkylation sites (N-methyl/N-ethyl adjacent to an activating group) is 1. The zero-order valence-corrected chi connectivity index (χ0v) is 20.5. The average Bonchev–Trinajstić information content (AvgIpc) is 2.91. The molecule has 2 aromatic carbocycles. The molecule has 0 radical (unpaired) electrons. The van der Waals surface area contributed by atoms with Crippen molar-refractivity contribution in [2.75, 3.05) is 26.4 Å². The van der Waals surface area contributed by atoms with E-state index in [0.29, 0.717) is 24.6 Å². The van der Waals surface area contributed by atoms with Gasteiger partial charge in [-0.3, -0.25) is 4.79 Å². The monoisotopic (exact) mass is 481 g/mol. The van der Waals surface area contributed by atoms with Crippen LogP contribution in [0.2, 0.25) is 0 Å². The molecule has 1 fully saturated rings. The number of hydrogen-bond donors (Lipinski definition) is 1. The highest BCUT2D eigenvalue weighted by atomic mass is 16.7. The van der Waals surface area contributed by atoms with Gasteiger partial charge in [-0.05, 0) is 32.3 Å². The molecule has 0 bridgehead atoms. The van der Waals surface area contributed by atoms with Crippen LogP contribution in [-0.4, -0.2) is 54.5 Å². The molecule has 0 aromatic heterocycles. The number of carbonyl (C=O) groups excluding carboxylic acids is 1. The van der Waals surface area contributed by atoms with E-state index >= 15 is 0 Å². The van der Waals surface area contributed by atoms with E-state index in [2.05, 4.69) is 0 Å². The standard InChI is InChI=1S/C28H35NO6/c1-3-29-27(35-24-16-10-11-18-32-24)21(2)25(31)26(33-20-22-12-6-4-7-13-22)28(29,34-19-17-30)23-14-8-5-9-15-23/h4-9,12-15,24,26,30H,3,10-11,16-20H2,1-2H3. The van der Waals surface area contributed by atoms with E-state index in [4.69, 9.17) is 18.9 Å². The molecule has 0 aliphatic carbocycles. The Morgan fingerprint density at radius 1 is 1.09 bits per heavy atom. The van der Waals surface area contributed by atoms with Crippen molar-refractivity contribution in [1.29, 1.82) is 0 Å². The van der Waals surface area contributed by atoms with E-state index in [-0.39, 0.29) is 25.6 Å². The van der Waals surface area contributed by atoms with E-state index in [1.54, 1.807) is 6.92 Å². The molecule has 4 rings (SSSR count). The highest BCUT2D eigenvalue weighted by molar-refractivity contribution is 6.00. The summed E-state index contributed by atoms with van der Waals surface area (Å²) < 4.78 is 25.0. The number of benzene rings is 2. The van der Waals surface area contributed by atoms with Gasteiger partial charge in [0.2, 0.25) is 17.9 Å². The van der Waals surface area contributed by atoms with Crippen LogP contribution < -0.4 is 0 Å². The molecule has 35 heavy (non-hydrogen) atoms. The van der Waals surface area contributed by atoms with Gasteiger partial charge in [-0.15, -0.1) is 0 Å². The molecule has 3 unspecified atom stereocenters. The number of Topliss-reactive ketones (excluding diaryl/α,β-unsaturated/α-hetero) is 1. The van der Waals surface area contributed by atoms with E-state index < -0.39 is 18.1 Å². The molecule has 0 amide bonds. The second-order valence-corrected chi connectivity index (χ2v) is 8.76. The lowest BCUT2D eigenvalue weighted by Gasteiger charge is -2.51. The third-order valence-corrected chi connectivity index (χ3v) is 6.49. The number of hydrogen-bond acceptors (Lipinski definition) is 7.